The molecule has 1 aromatic rings. The molecule has 3 aliphatic heterocycles. The van der Waals surface area contributed by atoms with Crippen LogP contribution in [0.2, 0.25) is 0 Å². The Balaban J connectivity index is 1.49. The molecule has 33 heavy (non-hydrogen) atoms. The molecule has 0 saturated carbocycles. The first-order valence-corrected chi connectivity index (χ1v) is 12.7. The predicted octanol–water partition coefficient (Wildman–Crippen LogP) is 6.25. The van der Waals surface area contributed by atoms with Crippen LogP contribution < -0.4 is 0 Å². The minimum absolute atomic E-state index is 0.0243. The summed E-state index contributed by atoms with van der Waals surface area (Å²) in [5, 5.41) is 0. The van der Waals surface area contributed by atoms with E-state index in [1.165, 1.54) is 88.2 Å². The average molecular weight is 462 g/mol. The maximum Gasteiger partial charge on any atom is 0.416 e. The lowest BCUT2D eigenvalue weighted by Crippen LogP contribution is -2.34. The maximum atomic E-state index is 13.1. The molecule has 3 heterocycles. The van der Waals surface area contributed by atoms with E-state index < -0.39 is 11.7 Å². The highest BCUT2D eigenvalue weighted by molar-refractivity contribution is 5.37. The molecule has 0 aromatic heterocycles. The second kappa shape index (κ2) is 11.1. The van der Waals surface area contributed by atoms with E-state index in [0.29, 0.717) is 0 Å². The van der Waals surface area contributed by atoms with E-state index in [4.69, 9.17) is 0 Å². The van der Waals surface area contributed by atoms with Gasteiger partial charge in [-0.05, 0) is 69.6 Å². The van der Waals surface area contributed by atoms with Crippen LogP contribution in [-0.2, 0) is 6.18 Å². The van der Waals surface area contributed by atoms with Crippen LogP contribution in [0.3, 0.4) is 0 Å². The fraction of sp³-hybridized carbons (Fsp3) is 0.630. The van der Waals surface area contributed by atoms with E-state index in [1.54, 1.807) is 12.1 Å². The molecule has 2 saturated heterocycles. The minimum Gasteiger partial charge on any atom is -0.352 e. The monoisotopic (exact) mass is 461 g/mol. The SMILES string of the molecule is CN1C(CCN2CCCCC2)=CC(c2ccc(C(F)(F)F)cc2)C=C1CCN1CCCCC1. The molecule has 3 aliphatic rings. The van der Waals surface area contributed by atoms with Crippen molar-refractivity contribution in [2.75, 3.05) is 46.3 Å². The number of nitrogens with zero attached hydrogens (tertiary/aromatic N) is 3. The van der Waals surface area contributed by atoms with Gasteiger partial charge in [-0.25, -0.2) is 0 Å². The van der Waals surface area contributed by atoms with Crippen LogP contribution in [0.25, 0.3) is 0 Å². The van der Waals surface area contributed by atoms with Crippen molar-refractivity contribution >= 4 is 0 Å². The molecule has 0 N–H and O–H groups in total. The van der Waals surface area contributed by atoms with E-state index in [0.717, 1.165) is 31.5 Å². The van der Waals surface area contributed by atoms with Gasteiger partial charge < -0.3 is 14.7 Å². The van der Waals surface area contributed by atoms with Gasteiger partial charge >= 0.3 is 6.18 Å². The number of hydrogen-bond donors (Lipinski definition) is 0. The number of alkyl halides is 3. The Kier molecular flexibility index (Phi) is 8.18. The van der Waals surface area contributed by atoms with Crippen molar-refractivity contribution in [2.24, 2.45) is 0 Å². The molecule has 3 nitrogen and oxygen atoms in total. The minimum atomic E-state index is -4.30. The molecule has 0 aliphatic carbocycles. The summed E-state index contributed by atoms with van der Waals surface area (Å²) in [7, 11) is 2.16. The summed E-state index contributed by atoms with van der Waals surface area (Å²) in [5.41, 5.74) is 2.94. The number of piperidine rings is 2. The predicted molar refractivity (Wildman–Crippen MR) is 128 cm³/mol. The summed E-state index contributed by atoms with van der Waals surface area (Å²) in [4.78, 5) is 7.45. The Morgan fingerprint density at radius 3 is 1.61 bits per heavy atom. The molecule has 182 valence electrons. The first kappa shape index (κ1) is 24.3. The van der Waals surface area contributed by atoms with E-state index in [9.17, 15) is 13.2 Å². The third-order valence-electron chi connectivity index (χ3n) is 7.49. The van der Waals surface area contributed by atoms with Gasteiger partial charge in [0.15, 0.2) is 0 Å². The smallest absolute Gasteiger partial charge is 0.352 e. The molecule has 0 unspecified atom stereocenters. The molecule has 0 amide bonds. The maximum absolute atomic E-state index is 13.1. The highest BCUT2D eigenvalue weighted by atomic mass is 19.4. The molecule has 0 spiro atoms. The molecule has 0 atom stereocenters. The van der Waals surface area contributed by atoms with Gasteiger partial charge in [0, 0.05) is 50.3 Å². The van der Waals surface area contributed by atoms with Crippen molar-refractivity contribution in [3.05, 3.63) is 58.9 Å². The Morgan fingerprint density at radius 2 is 1.18 bits per heavy atom. The fourth-order valence-corrected chi connectivity index (χ4v) is 5.37. The number of hydrogen-bond acceptors (Lipinski definition) is 3. The van der Waals surface area contributed by atoms with Gasteiger partial charge in [0.25, 0.3) is 0 Å². The number of allylic oxidation sites excluding steroid dienone is 2. The van der Waals surface area contributed by atoms with Gasteiger partial charge in [0.1, 0.15) is 0 Å². The van der Waals surface area contributed by atoms with Crippen molar-refractivity contribution < 1.29 is 13.2 Å². The number of halogens is 3. The molecule has 4 rings (SSSR count). The molecular formula is C27H38F3N3. The van der Waals surface area contributed by atoms with Gasteiger partial charge in [-0.2, -0.15) is 13.2 Å². The summed E-state index contributed by atoms with van der Waals surface area (Å²) >= 11 is 0. The highest BCUT2D eigenvalue weighted by Crippen LogP contribution is 2.35. The van der Waals surface area contributed by atoms with Crippen molar-refractivity contribution in [1.29, 1.82) is 0 Å². The van der Waals surface area contributed by atoms with E-state index >= 15 is 0 Å². The number of likely N-dealkylation sites (tertiary alicyclic amines) is 2. The first-order valence-electron chi connectivity index (χ1n) is 12.7. The number of rotatable bonds is 7. The third kappa shape index (κ3) is 6.63. The lowest BCUT2D eigenvalue weighted by Gasteiger charge is -2.35. The van der Waals surface area contributed by atoms with Crippen molar-refractivity contribution in [2.45, 2.75) is 63.5 Å². The molecule has 6 heteroatoms. The summed E-state index contributed by atoms with van der Waals surface area (Å²) in [6.45, 7) is 6.81. The van der Waals surface area contributed by atoms with Crippen molar-refractivity contribution in [1.82, 2.24) is 14.7 Å². The van der Waals surface area contributed by atoms with Crippen molar-refractivity contribution in [3.8, 4) is 0 Å². The van der Waals surface area contributed by atoms with Crippen LogP contribution in [0, 0.1) is 0 Å². The molecule has 0 radical (unpaired) electrons. The second-order valence-electron chi connectivity index (χ2n) is 9.83. The molecule has 1 aromatic carbocycles. The van der Waals surface area contributed by atoms with E-state index in [-0.39, 0.29) is 5.92 Å². The molecule has 0 bridgehead atoms. The van der Waals surface area contributed by atoms with Gasteiger partial charge in [0.05, 0.1) is 5.56 Å². The Morgan fingerprint density at radius 1 is 0.727 bits per heavy atom. The second-order valence-corrected chi connectivity index (χ2v) is 9.83. The zero-order chi connectivity index (χ0) is 23.3. The van der Waals surface area contributed by atoms with E-state index in [2.05, 4.69) is 33.9 Å². The zero-order valence-electron chi connectivity index (χ0n) is 19.9. The van der Waals surface area contributed by atoms with Gasteiger partial charge in [0.2, 0.25) is 0 Å². The summed E-state index contributed by atoms with van der Waals surface area (Å²) in [6.07, 6.45) is 9.98. The zero-order valence-corrected chi connectivity index (χ0v) is 19.9. The Bertz CT molecular complexity index is 776. The van der Waals surface area contributed by atoms with Gasteiger partial charge in [-0.15, -0.1) is 0 Å². The normalized spacial score (nSPS) is 21.8. The third-order valence-corrected chi connectivity index (χ3v) is 7.49. The summed E-state index contributed by atoms with van der Waals surface area (Å²) < 4.78 is 39.2. The lowest BCUT2D eigenvalue weighted by atomic mass is 9.91. The lowest BCUT2D eigenvalue weighted by molar-refractivity contribution is -0.137. The van der Waals surface area contributed by atoms with Crippen LogP contribution in [0.15, 0.2) is 47.8 Å². The van der Waals surface area contributed by atoms with Crippen LogP contribution in [0.5, 0.6) is 0 Å². The van der Waals surface area contributed by atoms with Crippen LogP contribution in [0.1, 0.15) is 68.4 Å². The highest BCUT2D eigenvalue weighted by Gasteiger charge is 2.30. The summed E-state index contributed by atoms with van der Waals surface area (Å²) in [5.74, 6) is 0.0243. The molecule has 2 fully saturated rings. The van der Waals surface area contributed by atoms with Crippen LogP contribution in [0.4, 0.5) is 13.2 Å². The summed E-state index contributed by atoms with van der Waals surface area (Å²) in [6, 6.07) is 5.74. The van der Waals surface area contributed by atoms with Gasteiger partial charge in [-0.1, -0.05) is 37.1 Å². The topological polar surface area (TPSA) is 9.72 Å². The average Bonchev–Trinajstić information content (AvgIpc) is 2.83. The van der Waals surface area contributed by atoms with Crippen LogP contribution in [-0.4, -0.2) is 61.0 Å². The van der Waals surface area contributed by atoms with Gasteiger partial charge in [-0.3, -0.25) is 0 Å². The standard InChI is InChI=1S/C27H38F3N3/c1-31-25(12-18-32-14-4-2-5-15-32)20-23(22-8-10-24(11-9-22)27(28,29)30)21-26(31)13-19-33-16-6-3-7-17-33/h8-11,20-21,23H,2-7,12-19H2,1H3. The van der Waals surface area contributed by atoms with Crippen LogP contribution >= 0.6 is 0 Å². The van der Waals surface area contributed by atoms with E-state index in [1.807, 2.05) is 0 Å². The largest absolute Gasteiger partial charge is 0.416 e. The quantitative estimate of drug-likeness (QED) is 0.475. The number of benzene rings is 1. The Labute approximate surface area is 196 Å². The first-order chi connectivity index (χ1) is 15.9. The fourth-order valence-electron chi connectivity index (χ4n) is 5.37. The van der Waals surface area contributed by atoms with Crippen molar-refractivity contribution in [3.63, 3.8) is 0 Å². The molecular weight excluding hydrogens is 423 g/mol. The Hall–Kier alpha value is -1.79.